The molecule has 1 amide bonds. The molecule has 1 atom stereocenters. The fourth-order valence-electron chi connectivity index (χ4n) is 7.03. The summed E-state index contributed by atoms with van der Waals surface area (Å²) in [6.45, 7) is 6.72. The van der Waals surface area contributed by atoms with E-state index in [2.05, 4.69) is 13.8 Å². The lowest BCUT2D eigenvalue weighted by atomic mass is 10.1. The number of carbonyl (C=O) groups is 5. The SMILES string of the molecule is CCCCCCCCCCN(CCCCCCCCCC)C(=O)CCC(C(=O)O)N1CCN(CC(=O)O)CCN(CC(=O)O)CCN(CC(=O)O)CC1. The van der Waals surface area contributed by atoms with Gasteiger partial charge in [-0.3, -0.25) is 43.6 Å². The van der Waals surface area contributed by atoms with Gasteiger partial charge in [-0.1, -0.05) is 104 Å². The Hall–Kier alpha value is -2.81. The molecule has 1 fully saturated rings. The summed E-state index contributed by atoms with van der Waals surface area (Å²) >= 11 is 0. The maximum absolute atomic E-state index is 13.7. The lowest BCUT2D eigenvalue weighted by Crippen LogP contribution is -2.52. The summed E-state index contributed by atoms with van der Waals surface area (Å²) in [7, 11) is 0. The molecule has 1 rings (SSSR count). The molecule has 14 heteroatoms. The van der Waals surface area contributed by atoms with E-state index in [0.717, 1.165) is 38.5 Å². The van der Waals surface area contributed by atoms with Gasteiger partial charge in [0.1, 0.15) is 6.04 Å². The number of nitrogens with zero attached hydrogens (tertiary/aromatic N) is 5. The molecular weight excluding hydrogens is 682 g/mol. The third-order valence-corrected chi connectivity index (χ3v) is 10.2. The highest BCUT2D eigenvalue weighted by atomic mass is 16.4. The summed E-state index contributed by atoms with van der Waals surface area (Å²) < 4.78 is 0. The Bertz CT molecular complexity index is 981. The van der Waals surface area contributed by atoms with Gasteiger partial charge in [-0.2, -0.15) is 0 Å². The van der Waals surface area contributed by atoms with Crippen molar-refractivity contribution in [3.05, 3.63) is 0 Å². The van der Waals surface area contributed by atoms with Crippen molar-refractivity contribution in [1.82, 2.24) is 24.5 Å². The Kier molecular flexibility index (Phi) is 27.8. The molecule has 0 aliphatic carbocycles. The molecule has 1 aliphatic heterocycles. The average Bonchev–Trinajstić information content (AvgIpc) is 3.09. The van der Waals surface area contributed by atoms with Gasteiger partial charge in [0, 0.05) is 71.9 Å². The maximum atomic E-state index is 13.7. The average molecular weight is 756 g/mol. The van der Waals surface area contributed by atoms with Gasteiger partial charge in [0.25, 0.3) is 0 Å². The van der Waals surface area contributed by atoms with E-state index in [1.165, 1.54) is 64.2 Å². The molecule has 14 nitrogen and oxygen atoms in total. The summed E-state index contributed by atoms with van der Waals surface area (Å²) in [5, 5.41) is 38.9. The molecule has 0 aromatic heterocycles. The summed E-state index contributed by atoms with van der Waals surface area (Å²) in [5.74, 6) is -4.25. The van der Waals surface area contributed by atoms with E-state index < -0.39 is 29.9 Å². The van der Waals surface area contributed by atoms with Crippen LogP contribution in [0.4, 0.5) is 0 Å². The van der Waals surface area contributed by atoms with Gasteiger partial charge in [0.05, 0.1) is 19.6 Å². The van der Waals surface area contributed by atoms with Crippen LogP contribution in [0.5, 0.6) is 0 Å². The van der Waals surface area contributed by atoms with Crippen molar-refractivity contribution < 1.29 is 44.4 Å². The third kappa shape index (κ3) is 25.0. The first-order valence-electron chi connectivity index (χ1n) is 20.5. The van der Waals surface area contributed by atoms with Crippen molar-refractivity contribution in [3.63, 3.8) is 0 Å². The Morgan fingerprint density at radius 1 is 0.491 bits per heavy atom. The second kappa shape index (κ2) is 30.5. The molecule has 0 aromatic carbocycles. The zero-order valence-corrected chi connectivity index (χ0v) is 33.1. The number of carboxylic acids is 4. The van der Waals surface area contributed by atoms with E-state index in [-0.39, 0.29) is 90.7 Å². The predicted octanol–water partition coefficient (Wildman–Crippen LogP) is 4.81. The van der Waals surface area contributed by atoms with Gasteiger partial charge in [-0.15, -0.1) is 0 Å². The number of carboxylic acid groups (broad SMARTS) is 4. The van der Waals surface area contributed by atoms with Gasteiger partial charge >= 0.3 is 23.9 Å². The number of carbonyl (C=O) groups excluding carboxylic acids is 1. The first-order valence-corrected chi connectivity index (χ1v) is 20.5. The lowest BCUT2D eigenvalue weighted by molar-refractivity contribution is -0.145. The summed E-state index contributed by atoms with van der Waals surface area (Å²) in [6.07, 6.45) is 18.8. The van der Waals surface area contributed by atoms with Gasteiger partial charge in [-0.05, 0) is 19.3 Å². The molecule has 1 heterocycles. The molecule has 0 bridgehead atoms. The minimum atomic E-state index is -1.08. The van der Waals surface area contributed by atoms with Crippen LogP contribution in [0.2, 0.25) is 0 Å². The van der Waals surface area contributed by atoms with E-state index in [1.807, 2.05) is 4.90 Å². The van der Waals surface area contributed by atoms with E-state index in [1.54, 1.807) is 19.6 Å². The lowest BCUT2D eigenvalue weighted by Gasteiger charge is -2.35. The minimum Gasteiger partial charge on any atom is -0.480 e. The molecule has 1 unspecified atom stereocenters. The number of hydrogen-bond acceptors (Lipinski definition) is 9. The van der Waals surface area contributed by atoms with Crippen LogP contribution in [-0.2, 0) is 24.0 Å². The van der Waals surface area contributed by atoms with Crippen LogP contribution in [0, 0.1) is 0 Å². The molecule has 0 aromatic rings. The fourth-order valence-corrected chi connectivity index (χ4v) is 7.03. The van der Waals surface area contributed by atoms with Crippen LogP contribution in [0.15, 0.2) is 0 Å². The molecule has 1 aliphatic rings. The van der Waals surface area contributed by atoms with Crippen molar-refractivity contribution in [1.29, 1.82) is 0 Å². The highest BCUT2D eigenvalue weighted by molar-refractivity contribution is 5.78. The molecule has 0 spiro atoms. The largest absolute Gasteiger partial charge is 0.480 e. The van der Waals surface area contributed by atoms with Crippen LogP contribution in [0.3, 0.4) is 0 Å². The fraction of sp³-hybridized carbons (Fsp3) is 0.872. The molecule has 53 heavy (non-hydrogen) atoms. The third-order valence-electron chi connectivity index (χ3n) is 10.2. The Labute approximate surface area is 318 Å². The smallest absolute Gasteiger partial charge is 0.320 e. The monoisotopic (exact) mass is 756 g/mol. The van der Waals surface area contributed by atoms with E-state index >= 15 is 0 Å². The van der Waals surface area contributed by atoms with E-state index in [0.29, 0.717) is 13.1 Å². The molecule has 308 valence electrons. The van der Waals surface area contributed by atoms with Crippen LogP contribution in [0.25, 0.3) is 0 Å². The highest BCUT2D eigenvalue weighted by Crippen LogP contribution is 2.15. The second-order valence-corrected chi connectivity index (χ2v) is 14.8. The normalized spacial score (nSPS) is 16.4. The zero-order valence-electron chi connectivity index (χ0n) is 33.1. The summed E-state index contributed by atoms with van der Waals surface area (Å²) in [4.78, 5) is 70.0. The standard InChI is InChI=1S/C39H73N5O9/c1-3-5-7-9-11-13-15-17-21-44(22-18-16-14-12-10-8-6-4-2)35(45)20-19-34(39(52)53)43-29-27-41(32-37(48)49)25-23-40(31-36(46)47)24-26-42(28-30-43)33-38(50)51/h34H,3-33H2,1-2H3,(H,46,47)(H,48,49)(H,50,51)(H,52,53). The molecule has 1 saturated heterocycles. The zero-order chi connectivity index (χ0) is 39.3. The Morgan fingerprint density at radius 3 is 1.13 bits per heavy atom. The number of hydrogen-bond donors (Lipinski definition) is 4. The first-order chi connectivity index (χ1) is 25.5. The number of aliphatic carboxylic acids is 4. The molecule has 0 saturated carbocycles. The van der Waals surface area contributed by atoms with E-state index in [9.17, 15) is 44.4 Å². The summed E-state index contributed by atoms with van der Waals surface area (Å²) in [5.41, 5.74) is 0. The van der Waals surface area contributed by atoms with Crippen molar-refractivity contribution in [2.75, 3.05) is 85.1 Å². The van der Waals surface area contributed by atoms with Crippen molar-refractivity contribution in [3.8, 4) is 0 Å². The molecular formula is C39H73N5O9. The summed E-state index contributed by atoms with van der Waals surface area (Å²) in [6, 6.07) is -1.02. The van der Waals surface area contributed by atoms with Crippen molar-refractivity contribution in [2.45, 2.75) is 135 Å². The highest BCUT2D eigenvalue weighted by Gasteiger charge is 2.29. The van der Waals surface area contributed by atoms with Gasteiger partial charge in [-0.25, -0.2) is 0 Å². The van der Waals surface area contributed by atoms with Crippen LogP contribution in [-0.4, -0.2) is 166 Å². The maximum Gasteiger partial charge on any atom is 0.320 e. The van der Waals surface area contributed by atoms with Gasteiger partial charge in [0.15, 0.2) is 0 Å². The van der Waals surface area contributed by atoms with E-state index in [4.69, 9.17) is 0 Å². The number of amides is 1. The molecule has 4 N–H and O–H groups in total. The van der Waals surface area contributed by atoms with Crippen molar-refractivity contribution in [2.24, 2.45) is 0 Å². The van der Waals surface area contributed by atoms with Crippen LogP contribution in [0.1, 0.15) is 129 Å². The Balaban J connectivity index is 3.02. The van der Waals surface area contributed by atoms with Gasteiger partial charge < -0.3 is 25.3 Å². The number of rotatable bonds is 29. The van der Waals surface area contributed by atoms with Crippen LogP contribution >= 0.6 is 0 Å². The predicted molar refractivity (Wildman–Crippen MR) is 206 cm³/mol. The number of unbranched alkanes of at least 4 members (excludes halogenated alkanes) is 14. The minimum absolute atomic E-state index is 0.0463. The Morgan fingerprint density at radius 2 is 0.811 bits per heavy atom. The molecule has 0 radical (unpaired) electrons. The van der Waals surface area contributed by atoms with Crippen LogP contribution < -0.4 is 0 Å². The quantitative estimate of drug-likeness (QED) is 0.0765. The van der Waals surface area contributed by atoms with Crippen molar-refractivity contribution >= 4 is 29.8 Å². The first kappa shape index (κ1) is 48.2. The van der Waals surface area contributed by atoms with Gasteiger partial charge in [0.2, 0.25) is 5.91 Å². The topological polar surface area (TPSA) is 182 Å². The second-order valence-electron chi connectivity index (χ2n) is 14.8.